The lowest BCUT2D eigenvalue weighted by Crippen LogP contribution is -2.53. The largest absolute Gasteiger partial charge is 0.460 e. The number of anilines is 2. The Labute approximate surface area is 323 Å². The molecule has 12 nitrogen and oxygen atoms in total. The monoisotopic (exact) mass is 749 g/mol. The Hall–Kier alpha value is -5.96. The first-order chi connectivity index (χ1) is 26.1. The zero-order chi connectivity index (χ0) is 40.1. The number of ether oxygens (including phenoxy) is 1. The van der Waals surface area contributed by atoms with Gasteiger partial charge in [-0.1, -0.05) is 68.2 Å². The van der Waals surface area contributed by atoms with Crippen molar-refractivity contribution < 1.29 is 33.5 Å². The van der Waals surface area contributed by atoms with Gasteiger partial charge in [0.25, 0.3) is 0 Å². The van der Waals surface area contributed by atoms with Gasteiger partial charge in [-0.25, -0.2) is 0 Å². The van der Waals surface area contributed by atoms with E-state index in [2.05, 4.69) is 33.1 Å². The second-order valence-corrected chi connectivity index (χ2v) is 14.9. The Balaban J connectivity index is 1.18. The summed E-state index contributed by atoms with van der Waals surface area (Å²) in [6, 6.07) is 20.2. The summed E-state index contributed by atoms with van der Waals surface area (Å²) in [5, 5.41) is 10.9. The summed E-state index contributed by atoms with van der Waals surface area (Å²) < 4.78 is 5.32. The van der Waals surface area contributed by atoms with Crippen LogP contribution >= 0.6 is 0 Å². The van der Waals surface area contributed by atoms with Crippen LogP contribution in [0, 0.1) is 23.2 Å². The molecule has 0 aliphatic carbocycles. The van der Waals surface area contributed by atoms with Gasteiger partial charge in [0.1, 0.15) is 18.7 Å². The summed E-state index contributed by atoms with van der Waals surface area (Å²) >= 11 is 0. The molecule has 0 aromatic heterocycles. The second kappa shape index (κ2) is 19.4. The Bertz CT molecular complexity index is 1940. The van der Waals surface area contributed by atoms with Gasteiger partial charge in [0, 0.05) is 42.6 Å². The number of carbonyl (C=O) groups is 6. The number of hydrogen-bond donors (Lipinski definition) is 4. The van der Waals surface area contributed by atoms with Crippen molar-refractivity contribution in [3.05, 3.63) is 95.1 Å². The van der Waals surface area contributed by atoms with Crippen LogP contribution in [0.15, 0.2) is 72.8 Å². The van der Waals surface area contributed by atoms with Crippen molar-refractivity contribution in [2.24, 2.45) is 11.3 Å². The fourth-order valence-electron chi connectivity index (χ4n) is 5.60. The topological polar surface area (TPSA) is 163 Å². The van der Waals surface area contributed by atoms with Gasteiger partial charge in [-0.3, -0.25) is 28.8 Å². The van der Waals surface area contributed by atoms with Gasteiger partial charge in [-0.2, -0.15) is 0 Å². The van der Waals surface area contributed by atoms with E-state index in [-0.39, 0.29) is 62.5 Å². The van der Waals surface area contributed by atoms with E-state index in [0.29, 0.717) is 12.2 Å². The van der Waals surface area contributed by atoms with E-state index >= 15 is 0 Å². The smallest absolute Gasteiger partial charge is 0.311 e. The molecule has 3 aromatic carbocycles. The van der Waals surface area contributed by atoms with Crippen LogP contribution in [0.3, 0.4) is 0 Å². The highest BCUT2D eigenvalue weighted by atomic mass is 16.5. The molecule has 2 atom stereocenters. The van der Waals surface area contributed by atoms with Gasteiger partial charge < -0.3 is 30.9 Å². The lowest BCUT2D eigenvalue weighted by Gasteiger charge is -2.26. The van der Waals surface area contributed by atoms with E-state index < -0.39 is 35.2 Å². The van der Waals surface area contributed by atoms with Crippen LogP contribution in [0.4, 0.5) is 11.4 Å². The van der Waals surface area contributed by atoms with Gasteiger partial charge in [0.15, 0.2) is 0 Å². The standard InChI is InChI=1S/C43H51N5O7/c1-28(2)39(41(53)45-29(3)40(52)46-34-22-18-30(19-23-34)27-55-42(54)43(4,5)6)47-37(50)17-11-16-36(49)44-25-24-38(51)48-26-33-14-8-7-12-31(33)20-21-32-13-9-10-15-35(32)48/h7-10,12-15,18-19,22-23,28-29,39H,11,16-17,24-27H2,1-6H3,(H,44,49)(H,45,53)(H,46,52)(H,47,50)/t29-,39-/m0/s1. The SMILES string of the molecule is CC(C)[C@H](NC(=O)CCCC(=O)NCCC(=O)N1Cc2ccccc2C#Cc2ccccc21)C(=O)N[C@@H](C)C(=O)Nc1ccc(COC(=O)C(C)(C)C)cc1. The van der Waals surface area contributed by atoms with E-state index in [1.165, 1.54) is 0 Å². The van der Waals surface area contributed by atoms with Crippen molar-refractivity contribution >= 4 is 46.9 Å². The van der Waals surface area contributed by atoms with E-state index in [4.69, 9.17) is 4.74 Å². The molecule has 3 aromatic rings. The number of carbonyl (C=O) groups excluding carboxylic acids is 6. The maximum absolute atomic E-state index is 13.4. The number of nitrogens with zero attached hydrogens (tertiary/aromatic N) is 1. The minimum Gasteiger partial charge on any atom is -0.460 e. The Morgan fingerprint density at radius 3 is 2.09 bits per heavy atom. The maximum atomic E-state index is 13.4. The maximum Gasteiger partial charge on any atom is 0.311 e. The minimum absolute atomic E-state index is 0.00922. The third kappa shape index (κ3) is 12.6. The van der Waals surface area contributed by atoms with Crippen molar-refractivity contribution in [1.82, 2.24) is 16.0 Å². The zero-order valence-electron chi connectivity index (χ0n) is 32.4. The molecule has 0 bridgehead atoms. The number of nitrogens with one attached hydrogen (secondary N) is 4. The predicted molar refractivity (Wildman–Crippen MR) is 210 cm³/mol. The quantitative estimate of drug-likeness (QED) is 0.126. The summed E-state index contributed by atoms with van der Waals surface area (Å²) in [5.41, 5.74) is 3.93. The molecule has 0 unspecified atom stereocenters. The highest BCUT2D eigenvalue weighted by Gasteiger charge is 2.27. The Morgan fingerprint density at radius 1 is 0.764 bits per heavy atom. The zero-order valence-corrected chi connectivity index (χ0v) is 32.4. The van der Waals surface area contributed by atoms with Gasteiger partial charge in [-0.05, 0) is 81.5 Å². The van der Waals surface area contributed by atoms with Crippen molar-refractivity contribution in [3.63, 3.8) is 0 Å². The molecule has 4 rings (SSSR count). The number of benzene rings is 3. The molecule has 290 valence electrons. The number of rotatable bonds is 15. The summed E-state index contributed by atoms with van der Waals surface area (Å²) in [6.07, 6.45) is 0.398. The van der Waals surface area contributed by atoms with Crippen LogP contribution in [0.2, 0.25) is 0 Å². The summed E-state index contributed by atoms with van der Waals surface area (Å²) in [6.45, 7) is 11.0. The average Bonchev–Trinajstić information content (AvgIpc) is 3.13. The molecule has 4 N–H and O–H groups in total. The van der Waals surface area contributed by atoms with Crippen LogP contribution in [0.25, 0.3) is 0 Å². The third-order valence-corrected chi connectivity index (χ3v) is 8.86. The molecular weight excluding hydrogens is 699 g/mol. The third-order valence-electron chi connectivity index (χ3n) is 8.86. The van der Waals surface area contributed by atoms with Crippen molar-refractivity contribution in [2.75, 3.05) is 16.8 Å². The van der Waals surface area contributed by atoms with Crippen molar-refractivity contribution in [2.45, 2.75) is 92.5 Å². The molecule has 1 aliphatic heterocycles. The first-order valence-corrected chi connectivity index (χ1v) is 18.5. The predicted octanol–water partition coefficient (Wildman–Crippen LogP) is 4.98. The van der Waals surface area contributed by atoms with Crippen molar-refractivity contribution in [3.8, 4) is 11.8 Å². The van der Waals surface area contributed by atoms with E-state index in [1.54, 1.807) is 70.7 Å². The molecule has 0 radical (unpaired) electrons. The van der Waals surface area contributed by atoms with Crippen LogP contribution < -0.4 is 26.2 Å². The molecule has 1 aliphatic rings. The number of amides is 5. The summed E-state index contributed by atoms with van der Waals surface area (Å²) in [5.74, 6) is 3.97. The van der Waals surface area contributed by atoms with Crippen LogP contribution in [0.5, 0.6) is 0 Å². The molecule has 12 heteroatoms. The molecule has 55 heavy (non-hydrogen) atoms. The van der Waals surface area contributed by atoms with Crippen LogP contribution in [0.1, 0.15) is 89.5 Å². The molecule has 0 fully saturated rings. The first-order valence-electron chi connectivity index (χ1n) is 18.5. The molecular formula is C43H51N5O7. The van der Waals surface area contributed by atoms with E-state index in [0.717, 1.165) is 27.9 Å². The molecule has 0 spiro atoms. The molecule has 1 heterocycles. The minimum atomic E-state index is -0.906. The second-order valence-electron chi connectivity index (χ2n) is 14.9. The fraction of sp³-hybridized carbons (Fsp3) is 0.395. The number of hydrogen-bond acceptors (Lipinski definition) is 7. The summed E-state index contributed by atoms with van der Waals surface area (Å²) in [7, 11) is 0. The van der Waals surface area contributed by atoms with E-state index in [9.17, 15) is 28.8 Å². The summed E-state index contributed by atoms with van der Waals surface area (Å²) in [4.78, 5) is 78.5. The highest BCUT2D eigenvalue weighted by molar-refractivity contribution is 5.98. The van der Waals surface area contributed by atoms with E-state index in [1.807, 2.05) is 48.5 Å². The number of fused-ring (bicyclic) bond motifs is 2. The van der Waals surface area contributed by atoms with Crippen LogP contribution in [-0.4, -0.2) is 54.1 Å². The Kier molecular flexibility index (Phi) is 14.7. The molecule has 0 saturated carbocycles. The normalized spacial score (nSPS) is 13.0. The van der Waals surface area contributed by atoms with Gasteiger partial charge >= 0.3 is 5.97 Å². The van der Waals surface area contributed by atoms with Gasteiger partial charge in [0.05, 0.1) is 17.6 Å². The lowest BCUT2D eigenvalue weighted by molar-refractivity contribution is -0.154. The first kappa shape index (κ1) is 41.8. The fourth-order valence-corrected chi connectivity index (χ4v) is 5.60. The number of para-hydroxylation sites is 1. The van der Waals surface area contributed by atoms with Crippen molar-refractivity contribution in [1.29, 1.82) is 0 Å². The van der Waals surface area contributed by atoms with Gasteiger partial charge in [-0.15, -0.1) is 0 Å². The molecule has 0 saturated heterocycles. The average molecular weight is 750 g/mol. The Morgan fingerprint density at radius 2 is 1.40 bits per heavy atom. The number of esters is 1. The molecule has 5 amide bonds. The highest BCUT2D eigenvalue weighted by Crippen LogP contribution is 2.26. The lowest BCUT2D eigenvalue weighted by atomic mass is 9.97. The van der Waals surface area contributed by atoms with Gasteiger partial charge in [0.2, 0.25) is 29.5 Å². The van der Waals surface area contributed by atoms with Crippen LogP contribution in [-0.2, 0) is 46.7 Å².